The highest BCUT2D eigenvalue weighted by Crippen LogP contribution is 2.68. The minimum Gasteiger partial charge on any atom is -0.369 e. The molecule has 18 heavy (non-hydrogen) atoms. The van der Waals surface area contributed by atoms with Gasteiger partial charge in [-0.25, -0.2) is 0 Å². The third-order valence-electron chi connectivity index (χ3n) is 6.71. The number of epoxide rings is 1. The van der Waals surface area contributed by atoms with E-state index in [9.17, 15) is 0 Å². The highest BCUT2D eigenvalue weighted by Gasteiger charge is 2.65. The van der Waals surface area contributed by atoms with Crippen molar-refractivity contribution in [3.8, 4) is 0 Å². The third kappa shape index (κ3) is 1.55. The predicted molar refractivity (Wildman–Crippen MR) is 73.4 cm³/mol. The van der Waals surface area contributed by atoms with Gasteiger partial charge >= 0.3 is 0 Å². The van der Waals surface area contributed by atoms with Gasteiger partial charge in [0.2, 0.25) is 0 Å². The van der Waals surface area contributed by atoms with E-state index in [1.165, 1.54) is 44.9 Å². The van der Waals surface area contributed by atoms with Crippen LogP contribution in [0.4, 0.5) is 0 Å². The zero-order valence-electron chi connectivity index (χ0n) is 12.1. The summed E-state index contributed by atoms with van der Waals surface area (Å²) in [5.74, 6) is 4.07. The van der Waals surface area contributed by atoms with E-state index in [4.69, 9.17) is 4.74 Å². The van der Waals surface area contributed by atoms with Gasteiger partial charge < -0.3 is 4.74 Å². The fourth-order valence-electron chi connectivity index (χ4n) is 6.56. The molecule has 102 valence electrons. The highest BCUT2D eigenvalue weighted by molar-refractivity contribution is 5.14. The van der Waals surface area contributed by atoms with Crippen LogP contribution in [-0.4, -0.2) is 12.2 Å². The topological polar surface area (TPSA) is 12.5 Å². The van der Waals surface area contributed by atoms with E-state index in [1.54, 1.807) is 6.42 Å². The lowest BCUT2D eigenvalue weighted by Gasteiger charge is -2.61. The van der Waals surface area contributed by atoms with Crippen LogP contribution in [0.1, 0.15) is 65.2 Å². The van der Waals surface area contributed by atoms with E-state index in [0.29, 0.717) is 11.0 Å². The zero-order valence-corrected chi connectivity index (χ0v) is 12.1. The summed E-state index contributed by atoms with van der Waals surface area (Å²) in [6.45, 7) is 6.01. The van der Waals surface area contributed by atoms with Crippen molar-refractivity contribution in [3.05, 3.63) is 0 Å². The van der Waals surface area contributed by atoms with Gasteiger partial charge in [-0.3, -0.25) is 0 Å². The van der Waals surface area contributed by atoms with Crippen LogP contribution in [0.15, 0.2) is 0 Å². The molecule has 4 unspecified atom stereocenters. The van der Waals surface area contributed by atoms with Crippen LogP contribution in [0, 0.1) is 29.1 Å². The molecular weight excluding hydrogens is 220 g/mol. The van der Waals surface area contributed by atoms with Crippen LogP contribution >= 0.6 is 0 Å². The first-order valence-electron chi connectivity index (χ1n) is 8.29. The van der Waals surface area contributed by atoms with Gasteiger partial charge in [-0.05, 0) is 67.6 Å². The van der Waals surface area contributed by atoms with E-state index in [1.807, 2.05) is 0 Å². The van der Waals surface area contributed by atoms with Crippen LogP contribution in [0.2, 0.25) is 0 Å². The van der Waals surface area contributed by atoms with Gasteiger partial charge in [-0.2, -0.15) is 0 Å². The maximum Gasteiger partial charge on any atom is 0.0952 e. The molecule has 0 radical (unpaired) electrons. The third-order valence-corrected chi connectivity index (χ3v) is 6.71. The van der Waals surface area contributed by atoms with Crippen molar-refractivity contribution in [1.82, 2.24) is 0 Å². The molecule has 5 rings (SSSR count). The van der Waals surface area contributed by atoms with Gasteiger partial charge in [-0.1, -0.05) is 26.7 Å². The van der Waals surface area contributed by atoms with Crippen LogP contribution in [0.5, 0.6) is 0 Å². The lowest BCUT2D eigenvalue weighted by molar-refractivity contribution is -0.129. The van der Waals surface area contributed by atoms with Gasteiger partial charge in [0.05, 0.1) is 12.2 Å². The summed E-state index contributed by atoms with van der Waals surface area (Å²) < 4.78 is 6.09. The minimum absolute atomic E-state index is 0.336. The summed E-state index contributed by atoms with van der Waals surface area (Å²) in [6, 6.07) is 0. The van der Waals surface area contributed by atoms with Crippen LogP contribution < -0.4 is 0 Å². The molecule has 1 saturated heterocycles. The first kappa shape index (κ1) is 11.8. The average Bonchev–Trinajstić information content (AvgIpc) is 3.04. The Morgan fingerprint density at radius 2 is 1.78 bits per heavy atom. The molecule has 5 fully saturated rings. The Balaban J connectivity index is 1.61. The lowest BCUT2D eigenvalue weighted by atomic mass is 9.43. The van der Waals surface area contributed by atoms with Crippen molar-refractivity contribution in [3.63, 3.8) is 0 Å². The van der Waals surface area contributed by atoms with Gasteiger partial charge in [0.15, 0.2) is 0 Å². The van der Waals surface area contributed by atoms with E-state index < -0.39 is 0 Å². The first-order chi connectivity index (χ1) is 8.65. The quantitative estimate of drug-likeness (QED) is 0.671. The average molecular weight is 248 g/mol. The number of unbranched alkanes of at least 4 members (excludes halogenated alkanes) is 1. The molecule has 1 heterocycles. The second-order valence-electron chi connectivity index (χ2n) is 8.20. The van der Waals surface area contributed by atoms with E-state index >= 15 is 0 Å². The fourth-order valence-corrected chi connectivity index (χ4v) is 6.56. The van der Waals surface area contributed by atoms with Crippen molar-refractivity contribution >= 4 is 0 Å². The number of hydrogen-bond acceptors (Lipinski definition) is 1. The lowest BCUT2D eigenvalue weighted by Crippen LogP contribution is -2.56. The molecule has 0 spiro atoms. The Labute approximate surface area is 112 Å². The van der Waals surface area contributed by atoms with E-state index in [-0.39, 0.29) is 0 Å². The number of hydrogen-bond donors (Lipinski definition) is 0. The second kappa shape index (κ2) is 3.75. The molecule has 0 aromatic carbocycles. The van der Waals surface area contributed by atoms with E-state index in [2.05, 4.69) is 13.8 Å². The molecule has 1 nitrogen and oxygen atoms in total. The van der Waals surface area contributed by atoms with Crippen molar-refractivity contribution < 1.29 is 4.74 Å². The Morgan fingerprint density at radius 1 is 1.11 bits per heavy atom. The molecule has 4 saturated carbocycles. The summed E-state index contributed by atoms with van der Waals surface area (Å²) >= 11 is 0. The standard InChI is InChI=1S/C17H28O/c1-3-4-5-17(11-18-17)15-14-7-12-6-13(8-14)10-16(15,2)9-12/h12-15H,3-11H2,1-2H3. The van der Waals surface area contributed by atoms with Crippen molar-refractivity contribution in [1.29, 1.82) is 0 Å². The molecule has 5 aliphatic rings. The van der Waals surface area contributed by atoms with Gasteiger partial charge in [0, 0.05) is 0 Å². The highest BCUT2D eigenvalue weighted by atomic mass is 16.6. The summed E-state index contributed by atoms with van der Waals surface area (Å²) in [5.41, 5.74) is 0.974. The Kier molecular flexibility index (Phi) is 2.45. The summed E-state index contributed by atoms with van der Waals surface area (Å²) in [6.07, 6.45) is 11.7. The van der Waals surface area contributed by atoms with Gasteiger partial charge in [-0.15, -0.1) is 0 Å². The first-order valence-corrected chi connectivity index (χ1v) is 8.29. The van der Waals surface area contributed by atoms with Gasteiger partial charge in [0.25, 0.3) is 0 Å². The van der Waals surface area contributed by atoms with Crippen LogP contribution in [0.25, 0.3) is 0 Å². The number of rotatable bonds is 4. The Bertz CT molecular complexity index is 330. The number of ether oxygens (including phenoxy) is 1. The van der Waals surface area contributed by atoms with E-state index in [0.717, 1.165) is 30.3 Å². The normalized spacial score (nSPS) is 57.0. The molecule has 4 aliphatic carbocycles. The van der Waals surface area contributed by atoms with Crippen LogP contribution in [-0.2, 0) is 4.74 Å². The molecule has 1 aliphatic heterocycles. The molecule has 1 heteroatoms. The van der Waals surface area contributed by atoms with Gasteiger partial charge in [0.1, 0.15) is 0 Å². The molecule has 4 atom stereocenters. The SMILES string of the molecule is CCCCC1(C2C3CC4CC(C3)CC2(C)C4)CO1. The van der Waals surface area contributed by atoms with Crippen molar-refractivity contribution in [2.24, 2.45) is 29.1 Å². The smallest absolute Gasteiger partial charge is 0.0952 e. The zero-order chi connectivity index (χ0) is 12.4. The largest absolute Gasteiger partial charge is 0.369 e. The maximum absolute atomic E-state index is 6.09. The minimum atomic E-state index is 0.336. The molecule has 0 N–H and O–H groups in total. The second-order valence-corrected chi connectivity index (χ2v) is 8.20. The summed E-state index contributed by atoms with van der Waals surface area (Å²) in [7, 11) is 0. The predicted octanol–water partition coefficient (Wildman–Crippen LogP) is 4.41. The Hall–Kier alpha value is -0.0400. The summed E-state index contributed by atoms with van der Waals surface area (Å²) in [4.78, 5) is 0. The van der Waals surface area contributed by atoms with Crippen molar-refractivity contribution in [2.75, 3.05) is 6.61 Å². The molecule has 0 aromatic rings. The molecule has 0 amide bonds. The Morgan fingerprint density at radius 3 is 2.28 bits per heavy atom. The fraction of sp³-hybridized carbons (Fsp3) is 1.00. The monoisotopic (exact) mass is 248 g/mol. The molecule has 4 bridgehead atoms. The summed E-state index contributed by atoms with van der Waals surface area (Å²) in [5, 5.41) is 0. The van der Waals surface area contributed by atoms with Crippen LogP contribution in [0.3, 0.4) is 0 Å². The molecular formula is C17H28O. The van der Waals surface area contributed by atoms with Crippen molar-refractivity contribution in [2.45, 2.75) is 70.8 Å². The maximum atomic E-state index is 6.09. The molecule has 0 aromatic heterocycles.